The van der Waals surface area contributed by atoms with Gasteiger partial charge in [-0.1, -0.05) is 12.1 Å². The Morgan fingerprint density at radius 3 is 2.57 bits per heavy atom. The van der Waals surface area contributed by atoms with Crippen molar-refractivity contribution in [2.75, 3.05) is 23.3 Å². The summed E-state index contributed by atoms with van der Waals surface area (Å²) in [7, 11) is 0. The molecule has 1 aliphatic heterocycles. The highest BCUT2D eigenvalue weighted by atomic mass is 16.1. The van der Waals surface area contributed by atoms with Crippen LogP contribution >= 0.6 is 0 Å². The molecule has 1 saturated heterocycles. The summed E-state index contributed by atoms with van der Waals surface area (Å²) in [4.78, 5) is 14.4. The average Bonchev–Trinajstić information content (AvgIpc) is 2.63. The van der Waals surface area contributed by atoms with Crippen molar-refractivity contribution in [2.24, 2.45) is 0 Å². The summed E-state index contributed by atoms with van der Waals surface area (Å²) in [6, 6.07) is 12.4. The van der Waals surface area contributed by atoms with Crippen molar-refractivity contribution in [1.29, 1.82) is 5.26 Å². The molecule has 1 amide bonds. The van der Waals surface area contributed by atoms with Crippen LogP contribution in [0.3, 0.4) is 0 Å². The number of hydrogen-bond donors (Lipinski definition) is 1. The first-order valence-corrected chi connectivity index (χ1v) is 7.67. The molecule has 0 bridgehead atoms. The van der Waals surface area contributed by atoms with Gasteiger partial charge in [0.05, 0.1) is 11.3 Å². The van der Waals surface area contributed by atoms with Crippen LogP contribution in [0.4, 0.5) is 11.5 Å². The molecule has 6 heteroatoms. The first kappa shape index (κ1) is 15.0. The highest BCUT2D eigenvalue weighted by Gasteiger charge is 2.15. The Hall–Kier alpha value is -2.94. The second-order valence-corrected chi connectivity index (χ2v) is 5.44. The molecule has 1 aromatic carbocycles. The molecule has 0 atom stereocenters. The lowest BCUT2D eigenvalue weighted by Crippen LogP contribution is -2.30. The monoisotopic (exact) mass is 307 g/mol. The summed E-state index contributed by atoms with van der Waals surface area (Å²) in [6.07, 6.45) is 3.58. The van der Waals surface area contributed by atoms with E-state index in [9.17, 15) is 4.79 Å². The zero-order valence-corrected chi connectivity index (χ0v) is 12.7. The fraction of sp³-hybridized carbons (Fsp3) is 0.294. The average molecular weight is 307 g/mol. The number of nitriles is 1. The van der Waals surface area contributed by atoms with Gasteiger partial charge < -0.3 is 10.2 Å². The van der Waals surface area contributed by atoms with E-state index in [4.69, 9.17) is 5.26 Å². The fourth-order valence-electron chi connectivity index (χ4n) is 2.61. The minimum Gasteiger partial charge on any atom is -0.355 e. The molecular formula is C17H17N5O. The first-order valence-electron chi connectivity index (χ1n) is 7.67. The molecule has 116 valence electrons. The number of carbonyl (C=O) groups excluding carboxylic acids is 1. The van der Waals surface area contributed by atoms with Gasteiger partial charge in [0.15, 0.2) is 11.5 Å². The standard InChI is InChI=1S/C17H17N5O/c18-12-13-6-2-3-7-14(13)19-17(23)15-8-9-16(21-20-15)22-10-4-1-5-11-22/h2-3,6-9H,1,4-5,10-11H2,(H,19,23). The zero-order valence-electron chi connectivity index (χ0n) is 12.7. The number of aromatic nitrogens is 2. The van der Waals surface area contributed by atoms with E-state index in [0.29, 0.717) is 11.3 Å². The Labute approximate surface area is 134 Å². The van der Waals surface area contributed by atoms with Crippen LogP contribution in [0.15, 0.2) is 36.4 Å². The maximum absolute atomic E-state index is 12.2. The summed E-state index contributed by atoms with van der Waals surface area (Å²) in [6.45, 7) is 1.96. The quantitative estimate of drug-likeness (QED) is 0.942. The summed E-state index contributed by atoms with van der Waals surface area (Å²) in [5.74, 6) is 0.434. The molecule has 2 aromatic rings. The normalized spacial score (nSPS) is 14.1. The number of anilines is 2. The van der Waals surface area contributed by atoms with Crippen molar-refractivity contribution >= 4 is 17.4 Å². The van der Waals surface area contributed by atoms with Crippen LogP contribution in [-0.4, -0.2) is 29.2 Å². The Bertz CT molecular complexity index is 729. The maximum Gasteiger partial charge on any atom is 0.276 e. The number of rotatable bonds is 3. The lowest BCUT2D eigenvalue weighted by molar-refractivity contribution is 0.102. The minimum absolute atomic E-state index is 0.235. The molecule has 3 rings (SSSR count). The van der Waals surface area contributed by atoms with E-state index in [1.165, 1.54) is 6.42 Å². The Morgan fingerprint density at radius 2 is 1.87 bits per heavy atom. The van der Waals surface area contributed by atoms with Crippen molar-refractivity contribution in [2.45, 2.75) is 19.3 Å². The van der Waals surface area contributed by atoms with E-state index >= 15 is 0 Å². The van der Waals surface area contributed by atoms with E-state index in [1.807, 2.05) is 12.1 Å². The number of piperidine rings is 1. The van der Waals surface area contributed by atoms with Gasteiger partial charge in [-0.2, -0.15) is 5.26 Å². The van der Waals surface area contributed by atoms with Crippen molar-refractivity contribution in [1.82, 2.24) is 10.2 Å². The maximum atomic E-state index is 12.2. The Kier molecular flexibility index (Phi) is 4.48. The topological polar surface area (TPSA) is 81.9 Å². The second-order valence-electron chi connectivity index (χ2n) is 5.44. The highest BCUT2D eigenvalue weighted by Crippen LogP contribution is 2.18. The molecule has 0 spiro atoms. The molecular weight excluding hydrogens is 290 g/mol. The van der Waals surface area contributed by atoms with Gasteiger partial charge in [0.1, 0.15) is 6.07 Å². The van der Waals surface area contributed by atoms with Gasteiger partial charge in [-0.3, -0.25) is 4.79 Å². The first-order chi connectivity index (χ1) is 11.3. The number of benzene rings is 1. The molecule has 0 saturated carbocycles. The molecule has 1 N–H and O–H groups in total. The summed E-state index contributed by atoms with van der Waals surface area (Å²) in [5, 5.41) is 19.9. The third-order valence-electron chi connectivity index (χ3n) is 3.86. The summed E-state index contributed by atoms with van der Waals surface area (Å²) in [5.41, 5.74) is 1.12. The molecule has 0 aliphatic carbocycles. The van der Waals surface area contributed by atoms with E-state index in [-0.39, 0.29) is 11.6 Å². The largest absolute Gasteiger partial charge is 0.355 e. The third-order valence-corrected chi connectivity index (χ3v) is 3.86. The van der Waals surface area contributed by atoms with Crippen LogP contribution in [0.5, 0.6) is 0 Å². The third kappa shape index (κ3) is 3.46. The van der Waals surface area contributed by atoms with E-state index < -0.39 is 0 Å². The molecule has 1 aromatic heterocycles. The predicted octanol–water partition coefficient (Wildman–Crippen LogP) is 2.59. The van der Waals surface area contributed by atoms with Crippen LogP contribution in [-0.2, 0) is 0 Å². The van der Waals surface area contributed by atoms with Crippen molar-refractivity contribution in [3.05, 3.63) is 47.7 Å². The van der Waals surface area contributed by atoms with Crippen LogP contribution in [0, 0.1) is 11.3 Å². The van der Waals surface area contributed by atoms with Gasteiger partial charge in [-0.15, -0.1) is 10.2 Å². The SMILES string of the molecule is N#Cc1ccccc1NC(=O)c1ccc(N2CCCCC2)nn1. The van der Waals surface area contributed by atoms with Crippen molar-refractivity contribution < 1.29 is 4.79 Å². The van der Waals surface area contributed by atoms with Crippen LogP contribution in [0.1, 0.15) is 35.3 Å². The zero-order chi connectivity index (χ0) is 16.1. The molecule has 0 radical (unpaired) electrons. The number of para-hydroxylation sites is 1. The van der Waals surface area contributed by atoms with Gasteiger partial charge in [-0.25, -0.2) is 0 Å². The number of carbonyl (C=O) groups is 1. The molecule has 0 unspecified atom stereocenters. The van der Waals surface area contributed by atoms with Gasteiger partial charge in [0, 0.05) is 13.1 Å². The van der Waals surface area contributed by atoms with Crippen LogP contribution < -0.4 is 10.2 Å². The smallest absolute Gasteiger partial charge is 0.276 e. The van der Waals surface area contributed by atoms with E-state index in [1.54, 1.807) is 30.3 Å². The number of nitrogens with one attached hydrogen (secondary N) is 1. The van der Waals surface area contributed by atoms with E-state index in [0.717, 1.165) is 31.7 Å². The number of nitrogens with zero attached hydrogens (tertiary/aromatic N) is 4. The van der Waals surface area contributed by atoms with Gasteiger partial charge in [0.2, 0.25) is 0 Å². The molecule has 1 fully saturated rings. The summed E-state index contributed by atoms with van der Waals surface area (Å²) >= 11 is 0. The predicted molar refractivity (Wildman–Crippen MR) is 87.2 cm³/mol. The highest BCUT2D eigenvalue weighted by molar-refractivity contribution is 6.03. The number of amides is 1. The van der Waals surface area contributed by atoms with Gasteiger partial charge >= 0.3 is 0 Å². The van der Waals surface area contributed by atoms with Crippen molar-refractivity contribution in [3.8, 4) is 6.07 Å². The van der Waals surface area contributed by atoms with Crippen LogP contribution in [0.25, 0.3) is 0 Å². The minimum atomic E-state index is -0.370. The number of hydrogen-bond acceptors (Lipinski definition) is 5. The molecule has 6 nitrogen and oxygen atoms in total. The fourth-order valence-corrected chi connectivity index (χ4v) is 2.61. The molecule has 23 heavy (non-hydrogen) atoms. The van der Waals surface area contributed by atoms with E-state index in [2.05, 4.69) is 20.4 Å². The molecule has 1 aliphatic rings. The lowest BCUT2D eigenvalue weighted by atomic mass is 10.1. The van der Waals surface area contributed by atoms with Crippen molar-refractivity contribution in [3.63, 3.8) is 0 Å². The van der Waals surface area contributed by atoms with Gasteiger partial charge in [0.25, 0.3) is 5.91 Å². The molecule has 2 heterocycles. The Morgan fingerprint density at radius 1 is 1.09 bits per heavy atom. The second kappa shape index (κ2) is 6.88. The van der Waals surface area contributed by atoms with Gasteiger partial charge in [-0.05, 0) is 43.5 Å². The Balaban J connectivity index is 1.71. The van der Waals surface area contributed by atoms with Crippen LogP contribution in [0.2, 0.25) is 0 Å². The lowest BCUT2D eigenvalue weighted by Gasteiger charge is -2.27. The summed E-state index contributed by atoms with van der Waals surface area (Å²) < 4.78 is 0.